The van der Waals surface area contributed by atoms with Gasteiger partial charge < -0.3 is 26.4 Å². The number of halogens is 3. The molecule has 0 bridgehead atoms. The number of primary amides is 1. The van der Waals surface area contributed by atoms with Gasteiger partial charge in [0, 0.05) is 28.2 Å². The van der Waals surface area contributed by atoms with Crippen LogP contribution >= 0.6 is 23.2 Å². The average molecular weight is 656 g/mol. The van der Waals surface area contributed by atoms with Crippen LogP contribution in [0.15, 0.2) is 54.6 Å². The Labute approximate surface area is 272 Å². The highest BCUT2D eigenvalue weighted by Gasteiger charge is 2.66. The predicted molar refractivity (Wildman–Crippen MR) is 175 cm³/mol. The smallest absolute Gasteiger partial charge is 0.248 e. The van der Waals surface area contributed by atoms with Crippen molar-refractivity contribution in [2.24, 2.45) is 11.1 Å². The first kappa shape index (κ1) is 32.7. The van der Waals surface area contributed by atoms with Gasteiger partial charge in [-0.25, -0.2) is 4.39 Å². The summed E-state index contributed by atoms with van der Waals surface area (Å²) in [6, 6.07) is 12.6. The van der Waals surface area contributed by atoms with Gasteiger partial charge in [0.1, 0.15) is 17.0 Å². The molecular formula is C34H37Cl2FN4O4. The number of hydrogen-bond acceptors (Lipinski definition) is 5. The Kier molecular flexibility index (Phi) is 9.18. The number of unbranched alkanes of at least 4 members (excludes halogenated alkanes) is 1. The van der Waals surface area contributed by atoms with Crippen molar-refractivity contribution in [3.8, 4) is 5.75 Å². The summed E-state index contributed by atoms with van der Waals surface area (Å²) in [6.45, 7) is 8.50. The van der Waals surface area contributed by atoms with E-state index in [0.29, 0.717) is 35.0 Å². The molecule has 2 aliphatic rings. The van der Waals surface area contributed by atoms with E-state index in [1.807, 2.05) is 27.7 Å². The minimum Gasteiger partial charge on any atom is -0.491 e. The quantitative estimate of drug-likeness (QED) is 0.189. The Morgan fingerprint density at radius 1 is 1.11 bits per heavy atom. The van der Waals surface area contributed by atoms with E-state index >= 15 is 4.39 Å². The topological polar surface area (TPSA) is 123 Å². The van der Waals surface area contributed by atoms with Gasteiger partial charge in [0.15, 0.2) is 0 Å². The van der Waals surface area contributed by atoms with Gasteiger partial charge in [-0.3, -0.25) is 14.4 Å². The number of anilines is 2. The molecule has 3 aromatic carbocycles. The summed E-state index contributed by atoms with van der Waals surface area (Å²) in [5, 5.41) is 9.66. The van der Waals surface area contributed by atoms with Gasteiger partial charge in [0.05, 0.1) is 23.4 Å². The van der Waals surface area contributed by atoms with Crippen LogP contribution in [0.25, 0.3) is 0 Å². The fourth-order valence-electron chi connectivity index (χ4n) is 6.59. The second-order valence-corrected chi connectivity index (χ2v) is 13.7. The summed E-state index contributed by atoms with van der Waals surface area (Å²) in [7, 11) is 0. The number of benzene rings is 3. The monoisotopic (exact) mass is 654 g/mol. The molecule has 4 atom stereocenters. The lowest BCUT2D eigenvalue weighted by Crippen LogP contribution is -2.49. The Morgan fingerprint density at radius 2 is 1.87 bits per heavy atom. The van der Waals surface area contributed by atoms with Gasteiger partial charge in [-0.1, -0.05) is 75.5 Å². The summed E-state index contributed by atoms with van der Waals surface area (Å²) in [5.74, 6) is -2.96. The van der Waals surface area contributed by atoms with E-state index in [4.69, 9.17) is 33.7 Å². The number of hydrogen-bond donors (Lipinski definition) is 4. The molecule has 8 nitrogen and oxygen atoms in total. The van der Waals surface area contributed by atoms with Crippen molar-refractivity contribution in [1.29, 1.82) is 0 Å². The maximum Gasteiger partial charge on any atom is 0.248 e. The van der Waals surface area contributed by atoms with Crippen LogP contribution in [0.1, 0.15) is 74.4 Å². The van der Waals surface area contributed by atoms with Gasteiger partial charge >= 0.3 is 0 Å². The van der Waals surface area contributed by atoms with E-state index < -0.39 is 41.0 Å². The molecule has 238 valence electrons. The molecule has 11 heteroatoms. The van der Waals surface area contributed by atoms with Crippen LogP contribution in [0.5, 0.6) is 5.75 Å². The van der Waals surface area contributed by atoms with Crippen molar-refractivity contribution in [1.82, 2.24) is 5.32 Å². The van der Waals surface area contributed by atoms with Crippen LogP contribution in [0.3, 0.4) is 0 Å². The SMILES string of the molecule is CCCCOc1cc(C(N)=O)ccc1NC(=O)C1NC(CC(C)(C)C)C2(C(=O)Nc3cc(Cl)ccc32)C1c1cccc(Cl)c1F. The number of carbonyl (C=O) groups is 3. The zero-order valence-electron chi connectivity index (χ0n) is 25.6. The van der Waals surface area contributed by atoms with Crippen LogP contribution in [0, 0.1) is 11.2 Å². The highest BCUT2D eigenvalue weighted by Crippen LogP contribution is 2.57. The van der Waals surface area contributed by atoms with E-state index in [0.717, 1.165) is 12.8 Å². The van der Waals surface area contributed by atoms with Crippen molar-refractivity contribution in [3.63, 3.8) is 0 Å². The van der Waals surface area contributed by atoms with Crippen LogP contribution in [-0.4, -0.2) is 36.4 Å². The first-order valence-electron chi connectivity index (χ1n) is 15.0. The summed E-state index contributed by atoms with van der Waals surface area (Å²) in [4.78, 5) is 40.6. The molecule has 3 amide bonds. The van der Waals surface area contributed by atoms with Crippen LogP contribution in [0.4, 0.5) is 15.8 Å². The maximum absolute atomic E-state index is 16.0. The Balaban J connectivity index is 1.67. The molecule has 0 radical (unpaired) electrons. The molecule has 5 N–H and O–H groups in total. The molecule has 2 heterocycles. The fraction of sp³-hybridized carbons (Fsp3) is 0.382. The lowest BCUT2D eigenvalue weighted by atomic mass is 9.62. The third-order valence-electron chi connectivity index (χ3n) is 8.50. The Morgan fingerprint density at radius 3 is 2.56 bits per heavy atom. The molecule has 0 saturated carbocycles. The molecular weight excluding hydrogens is 618 g/mol. The third-order valence-corrected chi connectivity index (χ3v) is 9.03. The largest absolute Gasteiger partial charge is 0.491 e. The van der Waals surface area contributed by atoms with Crippen molar-refractivity contribution >= 4 is 52.3 Å². The molecule has 1 saturated heterocycles. The third kappa shape index (κ3) is 6.13. The highest BCUT2D eigenvalue weighted by molar-refractivity contribution is 6.31. The number of carbonyl (C=O) groups excluding carboxylic acids is 3. The van der Waals surface area contributed by atoms with E-state index in [9.17, 15) is 14.4 Å². The second kappa shape index (κ2) is 12.6. The van der Waals surface area contributed by atoms with Crippen molar-refractivity contribution in [2.75, 3.05) is 17.2 Å². The van der Waals surface area contributed by atoms with Crippen molar-refractivity contribution < 1.29 is 23.5 Å². The standard InChI is InChI=1S/C34H37Cl2FN4O4/c1-5-6-14-45-25-15-18(30(38)42)10-13-23(25)39-31(43)29-27(20-8-7-9-22(36)28(20)37)34(26(41-29)17-33(2,3)4)21-12-11-19(35)16-24(21)40-32(34)44/h7-13,15-16,26-27,29,41H,5-6,14,17H2,1-4H3,(H2,38,42)(H,39,43)(H,40,44). The fourth-order valence-corrected chi connectivity index (χ4v) is 6.94. The number of amides is 3. The van der Waals surface area contributed by atoms with Crippen molar-refractivity contribution in [3.05, 3.63) is 87.2 Å². The van der Waals surface area contributed by atoms with Crippen molar-refractivity contribution in [2.45, 2.75) is 70.4 Å². The minimum absolute atomic E-state index is 0.121. The van der Waals surface area contributed by atoms with E-state index in [-0.39, 0.29) is 33.2 Å². The number of fused-ring (bicyclic) bond motifs is 2. The lowest BCUT2D eigenvalue weighted by molar-refractivity contribution is -0.122. The van der Waals surface area contributed by atoms with E-state index in [2.05, 4.69) is 16.0 Å². The van der Waals surface area contributed by atoms with Gasteiger partial charge in [0.2, 0.25) is 17.7 Å². The number of nitrogens with two attached hydrogens (primary N) is 1. The zero-order chi connectivity index (χ0) is 32.7. The first-order chi connectivity index (χ1) is 21.3. The predicted octanol–water partition coefficient (Wildman–Crippen LogP) is 6.80. The summed E-state index contributed by atoms with van der Waals surface area (Å²) in [5.41, 5.74) is 5.62. The molecule has 0 aliphatic carbocycles. The molecule has 0 aromatic heterocycles. The lowest BCUT2D eigenvalue weighted by Gasteiger charge is -2.37. The maximum atomic E-state index is 16.0. The van der Waals surface area contributed by atoms with Crippen LogP contribution in [-0.2, 0) is 15.0 Å². The Hall–Kier alpha value is -3.66. The number of ether oxygens (including phenoxy) is 1. The van der Waals surface area contributed by atoms with Crippen LogP contribution in [0.2, 0.25) is 10.0 Å². The zero-order valence-corrected chi connectivity index (χ0v) is 27.1. The molecule has 45 heavy (non-hydrogen) atoms. The van der Waals surface area contributed by atoms with Crippen LogP contribution < -0.4 is 26.4 Å². The molecule has 1 fully saturated rings. The Bertz CT molecular complexity index is 1660. The molecule has 3 aromatic rings. The molecule has 1 spiro atoms. The van der Waals surface area contributed by atoms with Gasteiger partial charge in [-0.05, 0) is 65.8 Å². The average Bonchev–Trinajstić information content (AvgIpc) is 3.44. The first-order valence-corrected chi connectivity index (χ1v) is 15.7. The molecule has 5 rings (SSSR count). The normalized spacial score (nSPS) is 22.3. The molecule has 4 unspecified atom stereocenters. The minimum atomic E-state index is -1.39. The number of nitrogens with one attached hydrogen (secondary N) is 3. The van der Waals surface area contributed by atoms with Gasteiger partial charge in [-0.15, -0.1) is 0 Å². The van der Waals surface area contributed by atoms with E-state index in [1.54, 1.807) is 36.4 Å². The molecule has 2 aliphatic heterocycles. The van der Waals surface area contributed by atoms with E-state index in [1.165, 1.54) is 18.2 Å². The summed E-state index contributed by atoms with van der Waals surface area (Å²) < 4.78 is 22.0. The number of rotatable bonds is 9. The highest BCUT2D eigenvalue weighted by atomic mass is 35.5. The van der Waals surface area contributed by atoms with Gasteiger partial charge in [-0.2, -0.15) is 0 Å². The second-order valence-electron chi connectivity index (χ2n) is 12.9. The van der Waals surface area contributed by atoms with Gasteiger partial charge in [0.25, 0.3) is 0 Å². The summed E-state index contributed by atoms with van der Waals surface area (Å²) in [6.07, 6.45) is 2.11. The summed E-state index contributed by atoms with van der Waals surface area (Å²) >= 11 is 12.6.